The summed E-state index contributed by atoms with van der Waals surface area (Å²) in [5.41, 5.74) is 6.36. The molecular formula is C28H24O. The molecule has 1 heteroatoms. The van der Waals surface area contributed by atoms with Gasteiger partial charge in [-0.25, -0.2) is 0 Å². The Morgan fingerprint density at radius 2 is 1.10 bits per heavy atom. The minimum atomic E-state index is -0.256. The van der Waals surface area contributed by atoms with Crippen molar-refractivity contribution in [1.82, 2.24) is 0 Å². The Morgan fingerprint density at radius 3 is 1.52 bits per heavy atom. The van der Waals surface area contributed by atoms with Gasteiger partial charge >= 0.3 is 0 Å². The number of hydrogen-bond acceptors (Lipinski definition) is 1. The molecule has 2 bridgehead atoms. The second kappa shape index (κ2) is 7.60. The van der Waals surface area contributed by atoms with Crippen molar-refractivity contribution in [2.24, 2.45) is 0 Å². The van der Waals surface area contributed by atoms with Gasteiger partial charge in [0.15, 0.2) is 0 Å². The van der Waals surface area contributed by atoms with E-state index in [0.29, 0.717) is 6.61 Å². The van der Waals surface area contributed by atoms with Crippen LogP contribution in [0.2, 0.25) is 0 Å². The molecule has 2 aliphatic carbocycles. The average Bonchev–Trinajstić information content (AvgIpc) is 2.78. The number of hydrogen-bond donors (Lipinski definition) is 0. The molecule has 0 N–H and O–H groups in total. The summed E-state index contributed by atoms with van der Waals surface area (Å²) < 4.78 is 6.30. The second-order valence-electron chi connectivity index (χ2n) is 7.72. The van der Waals surface area contributed by atoms with Crippen molar-refractivity contribution >= 4 is 0 Å². The predicted octanol–water partition coefficient (Wildman–Crippen LogP) is 6.39. The largest absolute Gasteiger partial charge is 0.493 e. The zero-order valence-corrected chi connectivity index (χ0v) is 16.4. The Morgan fingerprint density at radius 1 is 0.621 bits per heavy atom. The van der Waals surface area contributed by atoms with Crippen molar-refractivity contribution in [2.45, 2.75) is 18.3 Å². The highest BCUT2D eigenvalue weighted by Gasteiger charge is 2.36. The van der Waals surface area contributed by atoms with E-state index in [9.17, 15) is 0 Å². The lowest BCUT2D eigenvalue weighted by Gasteiger charge is -2.36. The minimum Gasteiger partial charge on any atom is -0.493 e. The number of rotatable bonds is 7. The molecule has 29 heavy (non-hydrogen) atoms. The van der Waals surface area contributed by atoms with Gasteiger partial charge in [0, 0.05) is 11.8 Å². The Hall–Kier alpha value is -3.32. The first-order chi connectivity index (χ1) is 14.4. The fraction of sp³-hybridized carbons (Fsp3) is 0.143. The van der Waals surface area contributed by atoms with Gasteiger partial charge in [-0.05, 0) is 40.3 Å². The third-order valence-corrected chi connectivity index (χ3v) is 6.05. The van der Waals surface area contributed by atoms with E-state index in [-0.39, 0.29) is 5.41 Å². The highest BCUT2D eigenvalue weighted by Crippen LogP contribution is 2.42. The van der Waals surface area contributed by atoms with Crippen LogP contribution >= 0.6 is 0 Å². The third-order valence-electron chi connectivity index (χ3n) is 6.05. The van der Waals surface area contributed by atoms with Crippen LogP contribution in [0.5, 0.6) is 5.75 Å². The van der Waals surface area contributed by atoms with Crippen LogP contribution in [0.4, 0.5) is 0 Å². The maximum absolute atomic E-state index is 6.30. The summed E-state index contributed by atoms with van der Waals surface area (Å²) in [6.45, 7) is 0.658. The molecule has 2 aliphatic rings. The molecule has 0 fully saturated rings. The van der Waals surface area contributed by atoms with Crippen LogP contribution in [0.25, 0.3) is 0 Å². The summed E-state index contributed by atoms with van der Waals surface area (Å²) in [5, 5.41) is 0. The fourth-order valence-electron chi connectivity index (χ4n) is 4.53. The van der Waals surface area contributed by atoms with Crippen molar-refractivity contribution in [3.63, 3.8) is 0 Å². The SMILES string of the molecule is c1ccc(C(CCOc2ccc3cc2C3)(c2ccccc2)c2ccccc2)cc1. The molecule has 1 nitrogen and oxygen atoms in total. The van der Waals surface area contributed by atoms with E-state index in [1.807, 2.05) is 0 Å². The zero-order chi connectivity index (χ0) is 19.5. The lowest BCUT2D eigenvalue weighted by atomic mass is 9.67. The molecule has 142 valence electrons. The van der Waals surface area contributed by atoms with Gasteiger partial charge in [-0.3, -0.25) is 0 Å². The molecule has 0 radical (unpaired) electrons. The van der Waals surface area contributed by atoms with Gasteiger partial charge in [0.25, 0.3) is 0 Å². The van der Waals surface area contributed by atoms with Crippen LogP contribution < -0.4 is 4.74 Å². The minimum absolute atomic E-state index is 0.256. The molecule has 0 heterocycles. The van der Waals surface area contributed by atoms with E-state index < -0.39 is 0 Å². The van der Waals surface area contributed by atoms with Gasteiger partial charge in [0.05, 0.1) is 6.61 Å². The van der Waals surface area contributed by atoms with Gasteiger partial charge in [0.1, 0.15) is 5.75 Å². The number of ether oxygens (including phenoxy) is 1. The summed E-state index contributed by atoms with van der Waals surface area (Å²) in [6.07, 6.45) is 1.92. The Kier molecular flexibility index (Phi) is 4.65. The maximum Gasteiger partial charge on any atom is 0.122 e. The number of fused-ring (bicyclic) bond motifs is 2. The van der Waals surface area contributed by atoms with Gasteiger partial charge in [-0.2, -0.15) is 0 Å². The topological polar surface area (TPSA) is 9.23 Å². The molecule has 6 rings (SSSR count). The lowest BCUT2D eigenvalue weighted by molar-refractivity contribution is 0.283. The average molecular weight is 376 g/mol. The molecule has 0 atom stereocenters. The smallest absolute Gasteiger partial charge is 0.122 e. The van der Waals surface area contributed by atoms with Gasteiger partial charge in [0.2, 0.25) is 0 Å². The van der Waals surface area contributed by atoms with Gasteiger partial charge in [-0.1, -0.05) is 103 Å². The highest BCUT2D eigenvalue weighted by molar-refractivity contribution is 5.51. The van der Waals surface area contributed by atoms with Crippen molar-refractivity contribution in [2.75, 3.05) is 6.61 Å². The molecule has 0 aliphatic heterocycles. The highest BCUT2D eigenvalue weighted by atomic mass is 16.5. The van der Waals surface area contributed by atoms with Gasteiger partial charge < -0.3 is 4.74 Å². The fourth-order valence-corrected chi connectivity index (χ4v) is 4.53. The van der Waals surface area contributed by atoms with E-state index in [1.54, 1.807) is 0 Å². The molecule has 0 spiro atoms. The molecule has 4 aromatic rings. The monoisotopic (exact) mass is 376 g/mol. The first kappa shape index (κ1) is 17.8. The van der Waals surface area contributed by atoms with E-state index in [1.165, 1.54) is 27.8 Å². The molecule has 0 unspecified atom stereocenters. The van der Waals surface area contributed by atoms with Crippen LogP contribution in [0.1, 0.15) is 34.2 Å². The van der Waals surface area contributed by atoms with Crippen molar-refractivity contribution in [3.05, 3.63) is 137 Å². The lowest BCUT2D eigenvalue weighted by Crippen LogP contribution is -2.31. The van der Waals surface area contributed by atoms with E-state index in [4.69, 9.17) is 4.74 Å². The van der Waals surface area contributed by atoms with Crippen LogP contribution in [-0.2, 0) is 11.8 Å². The standard InChI is InChI=1S/C28H24O/c1-4-10-24(11-5-1)28(25-12-6-2-7-13-25,26-14-8-3-9-15-26)18-19-29-27-17-16-22-20-23(27)21-22/h1-17,20H,18-19,21H2. The number of benzene rings is 4. The summed E-state index contributed by atoms with van der Waals surface area (Å²) in [5.74, 6) is 1.03. The molecule has 4 aromatic carbocycles. The van der Waals surface area contributed by atoms with Crippen LogP contribution in [-0.4, -0.2) is 6.61 Å². The van der Waals surface area contributed by atoms with Crippen LogP contribution in [0.3, 0.4) is 0 Å². The third kappa shape index (κ3) is 3.23. The van der Waals surface area contributed by atoms with Crippen molar-refractivity contribution in [3.8, 4) is 5.75 Å². The maximum atomic E-state index is 6.30. The van der Waals surface area contributed by atoms with Crippen molar-refractivity contribution < 1.29 is 4.74 Å². The quantitative estimate of drug-likeness (QED) is 0.299. The van der Waals surface area contributed by atoms with E-state index >= 15 is 0 Å². The molecule has 0 amide bonds. The molecular weight excluding hydrogens is 352 g/mol. The molecule has 0 saturated heterocycles. The summed E-state index contributed by atoms with van der Waals surface area (Å²) in [4.78, 5) is 0. The first-order valence-corrected chi connectivity index (χ1v) is 10.3. The summed E-state index contributed by atoms with van der Waals surface area (Å²) in [7, 11) is 0. The molecule has 0 aromatic heterocycles. The summed E-state index contributed by atoms with van der Waals surface area (Å²) >= 11 is 0. The molecule has 0 saturated carbocycles. The predicted molar refractivity (Wildman–Crippen MR) is 119 cm³/mol. The summed E-state index contributed by atoms with van der Waals surface area (Å²) in [6, 6.07) is 39.0. The Bertz CT molecular complexity index is 985. The Labute approximate surface area is 172 Å². The van der Waals surface area contributed by atoms with Gasteiger partial charge in [-0.15, -0.1) is 0 Å². The van der Waals surface area contributed by atoms with E-state index in [0.717, 1.165) is 18.6 Å². The van der Waals surface area contributed by atoms with Crippen molar-refractivity contribution in [1.29, 1.82) is 0 Å². The second-order valence-corrected chi connectivity index (χ2v) is 7.72. The Balaban J connectivity index is 1.57. The van der Waals surface area contributed by atoms with Crippen LogP contribution in [0, 0.1) is 0 Å². The van der Waals surface area contributed by atoms with E-state index in [2.05, 4.69) is 109 Å². The first-order valence-electron chi connectivity index (χ1n) is 10.3. The van der Waals surface area contributed by atoms with Crippen LogP contribution in [0.15, 0.2) is 109 Å². The zero-order valence-electron chi connectivity index (χ0n) is 16.4. The normalized spacial score (nSPS) is 12.3.